The number of halogens is 2. The van der Waals surface area contributed by atoms with Crippen molar-refractivity contribution in [2.24, 2.45) is 0 Å². The minimum Gasteiger partial charge on any atom is -0.382 e. The first-order chi connectivity index (χ1) is 10.1. The standard InChI is InChI=1S/C15H19BrClN3O/c1-3-21-8-4-7-18-15-19-11(2)10-20(15)14-6-5-12(16)9-13(14)17/h5-6,9-10H,3-4,7-8H2,1-2H3,(H,18,19). The molecule has 0 saturated carbocycles. The lowest BCUT2D eigenvalue weighted by Gasteiger charge is -2.11. The van der Waals surface area contributed by atoms with Crippen molar-refractivity contribution < 1.29 is 4.74 Å². The summed E-state index contributed by atoms with van der Waals surface area (Å²) in [5.74, 6) is 0.799. The zero-order valence-electron chi connectivity index (χ0n) is 12.2. The molecule has 6 heteroatoms. The van der Waals surface area contributed by atoms with E-state index in [9.17, 15) is 0 Å². The molecular weight excluding hydrogens is 354 g/mol. The zero-order chi connectivity index (χ0) is 15.2. The summed E-state index contributed by atoms with van der Waals surface area (Å²) in [4.78, 5) is 4.51. The van der Waals surface area contributed by atoms with Crippen LogP contribution in [0, 0.1) is 6.92 Å². The average Bonchev–Trinajstić information content (AvgIpc) is 2.79. The number of aromatic nitrogens is 2. The molecule has 1 aromatic carbocycles. The molecule has 1 N–H and O–H groups in total. The van der Waals surface area contributed by atoms with Crippen LogP contribution in [0.4, 0.5) is 5.95 Å². The number of ether oxygens (including phenoxy) is 1. The van der Waals surface area contributed by atoms with E-state index in [1.165, 1.54) is 0 Å². The summed E-state index contributed by atoms with van der Waals surface area (Å²) in [5, 5.41) is 4.01. The molecule has 0 aliphatic rings. The quantitative estimate of drug-likeness (QED) is 0.731. The highest BCUT2D eigenvalue weighted by Gasteiger charge is 2.10. The van der Waals surface area contributed by atoms with Crippen LogP contribution in [-0.4, -0.2) is 29.3 Å². The monoisotopic (exact) mass is 371 g/mol. The summed E-state index contributed by atoms with van der Waals surface area (Å²) in [6.45, 7) is 6.28. The van der Waals surface area contributed by atoms with Crippen molar-refractivity contribution in [2.45, 2.75) is 20.3 Å². The van der Waals surface area contributed by atoms with Crippen molar-refractivity contribution in [3.8, 4) is 5.69 Å². The topological polar surface area (TPSA) is 39.1 Å². The number of nitrogens with zero attached hydrogens (tertiary/aromatic N) is 2. The Morgan fingerprint density at radius 3 is 2.95 bits per heavy atom. The molecule has 0 fully saturated rings. The Balaban J connectivity index is 2.13. The van der Waals surface area contributed by atoms with Crippen LogP contribution in [0.5, 0.6) is 0 Å². The Morgan fingerprint density at radius 1 is 1.43 bits per heavy atom. The normalized spacial score (nSPS) is 10.9. The van der Waals surface area contributed by atoms with E-state index in [4.69, 9.17) is 16.3 Å². The molecule has 2 rings (SSSR count). The third kappa shape index (κ3) is 4.46. The zero-order valence-corrected chi connectivity index (χ0v) is 14.5. The van der Waals surface area contributed by atoms with Crippen LogP contribution in [0.2, 0.25) is 5.02 Å². The van der Waals surface area contributed by atoms with Gasteiger partial charge in [-0.1, -0.05) is 27.5 Å². The first kappa shape index (κ1) is 16.3. The Labute approximate surface area is 138 Å². The number of imidazole rings is 1. The van der Waals surface area contributed by atoms with Gasteiger partial charge in [0.1, 0.15) is 0 Å². The summed E-state index contributed by atoms with van der Waals surface area (Å²) in [5.41, 5.74) is 1.86. The first-order valence-corrected chi connectivity index (χ1v) is 8.12. The van der Waals surface area contributed by atoms with Gasteiger partial charge in [-0.2, -0.15) is 0 Å². The average molecular weight is 373 g/mol. The molecule has 0 radical (unpaired) electrons. The molecule has 0 aliphatic heterocycles. The number of hydrogen-bond acceptors (Lipinski definition) is 3. The molecule has 21 heavy (non-hydrogen) atoms. The lowest BCUT2D eigenvalue weighted by atomic mass is 10.3. The van der Waals surface area contributed by atoms with Gasteiger partial charge in [0.2, 0.25) is 5.95 Å². The van der Waals surface area contributed by atoms with Gasteiger partial charge in [0.05, 0.1) is 16.4 Å². The molecule has 1 heterocycles. The molecule has 0 amide bonds. The van der Waals surface area contributed by atoms with Gasteiger partial charge in [-0.25, -0.2) is 4.98 Å². The first-order valence-electron chi connectivity index (χ1n) is 6.95. The molecule has 2 aromatic rings. The third-order valence-corrected chi connectivity index (χ3v) is 3.74. The number of aryl methyl sites for hydroxylation is 1. The smallest absolute Gasteiger partial charge is 0.207 e. The summed E-state index contributed by atoms with van der Waals surface area (Å²) >= 11 is 9.74. The predicted octanol–water partition coefficient (Wildman–Crippen LogP) is 4.44. The van der Waals surface area contributed by atoms with E-state index in [1.54, 1.807) is 0 Å². The van der Waals surface area contributed by atoms with Gasteiger partial charge in [-0.05, 0) is 38.5 Å². The maximum atomic E-state index is 6.32. The van der Waals surface area contributed by atoms with E-state index < -0.39 is 0 Å². The van der Waals surface area contributed by atoms with Crippen molar-refractivity contribution in [1.29, 1.82) is 0 Å². The second kappa shape index (κ2) is 7.82. The molecule has 0 spiro atoms. The Hall–Kier alpha value is -1.04. The summed E-state index contributed by atoms with van der Waals surface area (Å²) < 4.78 is 8.26. The van der Waals surface area contributed by atoms with E-state index in [1.807, 2.05) is 42.8 Å². The minimum absolute atomic E-state index is 0.680. The summed E-state index contributed by atoms with van der Waals surface area (Å²) in [6, 6.07) is 5.82. The van der Waals surface area contributed by atoms with Gasteiger partial charge in [-0.3, -0.25) is 4.57 Å². The van der Waals surface area contributed by atoms with Gasteiger partial charge >= 0.3 is 0 Å². The Kier molecular flexibility index (Phi) is 6.08. The van der Waals surface area contributed by atoms with Crippen LogP contribution in [0.15, 0.2) is 28.9 Å². The van der Waals surface area contributed by atoms with Gasteiger partial charge in [0.15, 0.2) is 0 Å². The van der Waals surface area contributed by atoms with Crippen LogP contribution in [0.1, 0.15) is 19.0 Å². The SMILES string of the molecule is CCOCCCNc1nc(C)cn1-c1ccc(Br)cc1Cl. The largest absolute Gasteiger partial charge is 0.382 e. The van der Waals surface area contributed by atoms with E-state index in [0.29, 0.717) is 5.02 Å². The van der Waals surface area contributed by atoms with Crippen molar-refractivity contribution in [2.75, 3.05) is 25.1 Å². The van der Waals surface area contributed by atoms with Crippen molar-refractivity contribution in [1.82, 2.24) is 9.55 Å². The van der Waals surface area contributed by atoms with Gasteiger partial charge in [-0.15, -0.1) is 0 Å². The van der Waals surface area contributed by atoms with Gasteiger partial charge < -0.3 is 10.1 Å². The van der Waals surface area contributed by atoms with E-state index in [-0.39, 0.29) is 0 Å². The molecule has 0 unspecified atom stereocenters. The molecule has 0 aliphatic carbocycles. The van der Waals surface area contributed by atoms with Crippen LogP contribution in [0.3, 0.4) is 0 Å². The maximum absolute atomic E-state index is 6.32. The fraction of sp³-hybridized carbons (Fsp3) is 0.400. The molecule has 0 saturated heterocycles. The lowest BCUT2D eigenvalue weighted by molar-refractivity contribution is 0.147. The predicted molar refractivity (Wildman–Crippen MR) is 90.6 cm³/mol. The van der Waals surface area contributed by atoms with Crippen LogP contribution < -0.4 is 5.32 Å². The van der Waals surface area contributed by atoms with Crippen molar-refractivity contribution >= 4 is 33.5 Å². The van der Waals surface area contributed by atoms with Gasteiger partial charge in [0.25, 0.3) is 0 Å². The van der Waals surface area contributed by atoms with Crippen LogP contribution >= 0.6 is 27.5 Å². The number of nitrogens with one attached hydrogen (secondary N) is 1. The fourth-order valence-electron chi connectivity index (χ4n) is 2.00. The molecule has 0 bridgehead atoms. The van der Waals surface area contributed by atoms with Crippen molar-refractivity contribution in [3.63, 3.8) is 0 Å². The molecule has 114 valence electrons. The van der Waals surface area contributed by atoms with Gasteiger partial charge in [0, 0.05) is 30.4 Å². The van der Waals surface area contributed by atoms with Crippen LogP contribution in [0.25, 0.3) is 5.69 Å². The Morgan fingerprint density at radius 2 is 2.24 bits per heavy atom. The van der Waals surface area contributed by atoms with E-state index in [0.717, 1.165) is 48.0 Å². The highest BCUT2D eigenvalue weighted by Crippen LogP contribution is 2.27. The lowest BCUT2D eigenvalue weighted by Crippen LogP contribution is -2.10. The Bertz CT molecular complexity index is 601. The third-order valence-electron chi connectivity index (χ3n) is 2.95. The maximum Gasteiger partial charge on any atom is 0.207 e. The number of rotatable bonds is 7. The minimum atomic E-state index is 0.680. The molecular formula is C15H19BrClN3O. The number of hydrogen-bond donors (Lipinski definition) is 1. The van der Waals surface area contributed by atoms with Crippen LogP contribution in [-0.2, 0) is 4.74 Å². The molecule has 1 aromatic heterocycles. The highest BCUT2D eigenvalue weighted by atomic mass is 79.9. The molecule has 4 nitrogen and oxygen atoms in total. The summed E-state index contributed by atoms with van der Waals surface area (Å²) in [6.07, 6.45) is 2.91. The number of benzene rings is 1. The second-order valence-electron chi connectivity index (χ2n) is 4.65. The number of anilines is 1. The van der Waals surface area contributed by atoms with E-state index >= 15 is 0 Å². The molecule has 0 atom stereocenters. The fourth-order valence-corrected chi connectivity index (χ4v) is 2.77. The second-order valence-corrected chi connectivity index (χ2v) is 5.97. The summed E-state index contributed by atoms with van der Waals surface area (Å²) in [7, 11) is 0. The highest BCUT2D eigenvalue weighted by molar-refractivity contribution is 9.10. The van der Waals surface area contributed by atoms with E-state index in [2.05, 4.69) is 26.2 Å². The van der Waals surface area contributed by atoms with Crippen molar-refractivity contribution in [3.05, 3.63) is 39.6 Å².